The van der Waals surface area contributed by atoms with E-state index in [9.17, 15) is 19.2 Å². The van der Waals surface area contributed by atoms with Crippen molar-refractivity contribution in [3.8, 4) is 5.75 Å². The van der Waals surface area contributed by atoms with E-state index >= 15 is 0 Å². The van der Waals surface area contributed by atoms with Gasteiger partial charge in [0, 0.05) is 21.3 Å². The standard InChI is InChI=1S/C28H23Cl2N3O5/c1-15-4-5-17(3)23(10-15)31-25(34)14-38-24-9-7-19(29)11-18(24)12-21-26(35)32-28(37)33(27(21)36)20-8-6-16(2)22(30)13-20/h4-13H,14H2,1-3H3,(H,31,34)(H,32,35,37)/b21-12+. The largest absolute Gasteiger partial charge is 0.483 e. The number of amides is 5. The van der Waals surface area contributed by atoms with Crippen LogP contribution < -0.4 is 20.3 Å². The molecule has 0 spiro atoms. The van der Waals surface area contributed by atoms with Gasteiger partial charge in [0.1, 0.15) is 11.3 Å². The van der Waals surface area contributed by atoms with E-state index < -0.39 is 23.8 Å². The second-order valence-corrected chi connectivity index (χ2v) is 9.57. The summed E-state index contributed by atoms with van der Waals surface area (Å²) in [7, 11) is 0. The fraction of sp³-hybridized carbons (Fsp3) is 0.143. The molecule has 38 heavy (non-hydrogen) atoms. The zero-order valence-electron chi connectivity index (χ0n) is 20.7. The quantitative estimate of drug-likeness (QED) is 0.306. The predicted molar refractivity (Wildman–Crippen MR) is 147 cm³/mol. The molecule has 0 bridgehead atoms. The number of hydrogen-bond acceptors (Lipinski definition) is 5. The average Bonchev–Trinajstić information content (AvgIpc) is 2.85. The van der Waals surface area contributed by atoms with Gasteiger partial charge in [-0.15, -0.1) is 0 Å². The molecule has 0 unspecified atom stereocenters. The van der Waals surface area contributed by atoms with E-state index in [2.05, 4.69) is 10.6 Å². The number of halogens is 2. The van der Waals surface area contributed by atoms with Crippen molar-refractivity contribution < 1.29 is 23.9 Å². The molecule has 1 aliphatic heterocycles. The lowest BCUT2D eigenvalue weighted by molar-refractivity contribution is -0.122. The molecule has 5 amide bonds. The lowest BCUT2D eigenvalue weighted by Gasteiger charge is -2.26. The number of nitrogens with zero attached hydrogens (tertiary/aromatic N) is 1. The highest BCUT2D eigenvalue weighted by molar-refractivity contribution is 6.39. The van der Waals surface area contributed by atoms with Crippen molar-refractivity contribution in [3.63, 3.8) is 0 Å². The number of carbonyl (C=O) groups is 4. The SMILES string of the molecule is Cc1ccc(C)c(NC(=O)COc2ccc(Cl)cc2/C=C2\C(=O)NC(=O)N(c3ccc(C)c(Cl)c3)C2=O)c1. The van der Waals surface area contributed by atoms with Gasteiger partial charge in [-0.2, -0.15) is 0 Å². The number of benzene rings is 3. The van der Waals surface area contributed by atoms with Crippen LogP contribution in [0.3, 0.4) is 0 Å². The smallest absolute Gasteiger partial charge is 0.335 e. The molecule has 3 aromatic carbocycles. The van der Waals surface area contributed by atoms with Gasteiger partial charge in [-0.1, -0.05) is 41.4 Å². The van der Waals surface area contributed by atoms with Gasteiger partial charge in [0.2, 0.25) is 0 Å². The van der Waals surface area contributed by atoms with Crippen molar-refractivity contribution in [1.82, 2.24) is 5.32 Å². The van der Waals surface area contributed by atoms with Crippen LogP contribution in [-0.4, -0.2) is 30.4 Å². The average molecular weight is 552 g/mol. The van der Waals surface area contributed by atoms with E-state index in [1.807, 2.05) is 32.0 Å². The maximum atomic E-state index is 13.3. The molecule has 0 atom stereocenters. The van der Waals surface area contributed by atoms with E-state index in [4.69, 9.17) is 27.9 Å². The van der Waals surface area contributed by atoms with Crippen molar-refractivity contribution in [3.05, 3.63) is 92.5 Å². The lowest BCUT2D eigenvalue weighted by atomic mass is 10.1. The highest BCUT2D eigenvalue weighted by Crippen LogP contribution is 2.29. The van der Waals surface area contributed by atoms with E-state index in [1.165, 1.54) is 24.3 Å². The van der Waals surface area contributed by atoms with Crippen molar-refractivity contribution in [2.24, 2.45) is 0 Å². The number of imide groups is 2. The maximum absolute atomic E-state index is 13.3. The molecular formula is C28H23Cl2N3O5. The minimum atomic E-state index is -0.900. The molecule has 1 heterocycles. The Hall–Kier alpha value is -4.14. The fourth-order valence-corrected chi connectivity index (χ4v) is 4.09. The number of carbonyl (C=O) groups excluding carboxylic acids is 4. The summed E-state index contributed by atoms with van der Waals surface area (Å²) in [4.78, 5) is 51.8. The van der Waals surface area contributed by atoms with Gasteiger partial charge in [0.05, 0.1) is 5.69 Å². The van der Waals surface area contributed by atoms with Crippen LogP contribution in [0.15, 0.2) is 60.2 Å². The summed E-state index contributed by atoms with van der Waals surface area (Å²) in [5, 5.41) is 5.64. The molecule has 8 nitrogen and oxygen atoms in total. The van der Waals surface area contributed by atoms with Crippen LogP contribution in [0.25, 0.3) is 6.08 Å². The Morgan fingerprint density at radius 1 is 0.974 bits per heavy atom. The van der Waals surface area contributed by atoms with E-state index in [-0.39, 0.29) is 29.2 Å². The molecule has 0 aliphatic carbocycles. The molecule has 2 N–H and O–H groups in total. The van der Waals surface area contributed by atoms with Crippen LogP contribution in [0.2, 0.25) is 10.0 Å². The highest BCUT2D eigenvalue weighted by Gasteiger charge is 2.37. The summed E-state index contributed by atoms with van der Waals surface area (Å²) in [5.74, 6) is -1.92. The second kappa shape index (κ2) is 11.1. The lowest BCUT2D eigenvalue weighted by Crippen LogP contribution is -2.54. The molecule has 3 aromatic rings. The molecule has 194 valence electrons. The van der Waals surface area contributed by atoms with Gasteiger partial charge < -0.3 is 10.1 Å². The first-order chi connectivity index (χ1) is 18.0. The fourth-order valence-electron chi connectivity index (χ4n) is 3.73. The predicted octanol–water partition coefficient (Wildman–Crippen LogP) is 5.60. The van der Waals surface area contributed by atoms with Crippen LogP contribution in [0.4, 0.5) is 16.2 Å². The third-order valence-corrected chi connectivity index (χ3v) is 6.46. The molecule has 1 aliphatic rings. The summed E-state index contributed by atoms with van der Waals surface area (Å²) >= 11 is 12.3. The minimum absolute atomic E-state index is 0.201. The third kappa shape index (κ3) is 5.88. The number of barbiturate groups is 1. The number of rotatable bonds is 6. The van der Waals surface area contributed by atoms with Gasteiger partial charge in [0.15, 0.2) is 6.61 Å². The van der Waals surface area contributed by atoms with Crippen LogP contribution in [-0.2, 0) is 14.4 Å². The molecule has 1 saturated heterocycles. The first kappa shape index (κ1) is 26.9. The Balaban J connectivity index is 1.59. The van der Waals surface area contributed by atoms with Gasteiger partial charge in [-0.25, -0.2) is 9.69 Å². The van der Waals surface area contributed by atoms with Crippen molar-refractivity contribution in [2.45, 2.75) is 20.8 Å². The Bertz CT molecular complexity index is 1520. The van der Waals surface area contributed by atoms with Crippen molar-refractivity contribution in [2.75, 3.05) is 16.8 Å². The summed E-state index contributed by atoms with van der Waals surface area (Å²) in [5.41, 5.74) is 3.47. The zero-order valence-corrected chi connectivity index (χ0v) is 22.2. The topological polar surface area (TPSA) is 105 Å². The van der Waals surface area contributed by atoms with Gasteiger partial charge in [-0.3, -0.25) is 19.7 Å². The number of hydrogen-bond donors (Lipinski definition) is 2. The summed E-state index contributed by atoms with van der Waals surface area (Å²) in [6, 6.07) is 14.0. The number of nitrogens with one attached hydrogen (secondary N) is 2. The Kier molecular flexibility index (Phi) is 7.85. The van der Waals surface area contributed by atoms with E-state index in [0.29, 0.717) is 15.7 Å². The first-order valence-electron chi connectivity index (χ1n) is 11.5. The Morgan fingerprint density at radius 2 is 1.71 bits per heavy atom. The van der Waals surface area contributed by atoms with Gasteiger partial charge in [-0.05, 0) is 79.9 Å². The molecule has 1 fully saturated rings. The molecule has 10 heteroatoms. The number of ether oxygens (including phenoxy) is 1. The normalized spacial score (nSPS) is 14.5. The number of anilines is 2. The Labute approximate surface area is 229 Å². The summed E-state index contributed by atoms with van der Waals surface area (Å²) in [6.07, 6.45) is 1.26. The van der Waals surface area contributed by atoms with Crippen molar-refractivity contribution >= 4 is 64.4 Å². The van der Waals surface area contributed by atoms with Crippen LogP contribution in [0, 0.1) is 20.8 Å². The van der Waals surface area contributed by atoms with E-state index in [1.54, 1.807) is 25.1 Å². The molecule has 0 saturated carbocycles. The van der Waals surface area contributed by atoms with Crippen LogP contribution in [0.5, 0.6) is 5.75 Å². The summed E-state index contributed by atoms with van der Waals surface area (Å²) < 4.78 is 5.71. The van der Waals surface area contributed by atoms with E-state index in [0.717, 1.165) is 21.6 Å². The Morgan fingerprint density at radius 3 is 2.45 bits per heavy atom. The minimum Gasteiger partial charge on any atom is -0.483 e. The summed E-state index contributed by atoms with van der Waals surface area (Å²) in [6.45, 7) is 5.24. The van der Waals surface area contributed by atoms with Gasteiger partial charge >= 0.3 is 6.03 Å². The number of aryl methyl sites for hydroxylation is 3. The first-order valence-corrected chi connectivity index (χ1v) is 12.3. The molecule has 0 radical (unpaired) electrons. The molecular weight excluding hydrogens is 529 g/mol. The van der Waals surface area contributed by atoms with Crippen molar-refractivity contribution in [1.29, 1.82) is 0 Å². The second-order valence-electron chi connectivity index (χ2n) is 8.73. The van der Waals surface area contributed by atoms with Crippen LogP contribution >= 0.6 is 23.2 Å². The maximum Gasteiger partial charge on any atom is 0.335 e. The molecule has 0 aromatic heterocycles. The zero-order chi connectivity index (χ0) is 27.6. The third-order valence-electron chi connectivity index (χ3n) is 5.81. The van der Waals surface area contributed by atoms with Gasteiger partial charge in [0.25, 0.3) is 17.7 Å². The monoisotopic (exact) mass is 551 g/mol. The molecule has 4 rings (SSSR count). The number of urea groups is 1. The van der Waals surface area contributed by atoms with Crippen LogP contribution in [0.1, 0.15) is 22.3 Å². The highest BCUT2D eigenvalue weighted by atomic mass is 35.5.